The number of carbonyl (C=O) groups excluding carboxylic acids is 1. The SMILES string of the molecule is O=C(O)/C=C/c1cccc(N2CCCN(c3cccc(/C=C/C(=O)O)n3)C2=O)n1. The molecule has 0 saturated carbocycles. The highest BCUT2D eigenvalue weighted by molar-refractivity contribution is 6.03. The maximum atomic E-state index is 13.0. The van der Waals surface area contributed by atoms with E-state index in [0.29, 0.717) is 42.5 Å². The lowest BCUT2D eigenvalue weighted by atomic mass is 10.2. The highest BCUT2D eigenvalue weighted by atomic mass is 16.4. The van der Waals surface area contributed by atoms with E-state index in [4.69, 9.17) is 10.2 Å². The molecule has 3 rings (SSSR count). The van der Waals surface area contributed by atoms with Gasteiger partial charge in [-0.1, -0.05) is 12.1 Å². The number of rotatable bonds is 6. The number of urea groups is 1. The zero-order valence-corrected chi connectivity index (χ0v) is 15.3. The molecule has 2 N–H and O–H groups in total. The Labute approximate surface area is 166 Å². The number of carbonyl (C=O) groups is 3. The van der Waals surface area contributed by atoms with E-state index in [9.17, 15) is 14.4 Å². The third-order valence-electron chi connectivity index (χ3n) is 4.08. The molecule has 1 aliphatic rings. The van der Waals surface area contributed by atoms with Crippen molar-refractivity contribution in [3.05, 3.63) is 59.9 Å². The van der Waals surface area contributed by atoms with E-state index < -0.39 is 11.9 Å². The van der Waals surface area contributed by atoms with Crippen LogP contribution in [0, 0.1) is 0 Å². The van der Waals surface area contributed by atoms with Gasteiger partial charge >= 0.3 is 18.0 Å². The van der Waals surface area contributed by atoms with Crippen molar-refractivity contribution in [3.8, 4) is 0 Å². The molecule has 1 aliphatic heterocycles. The Balaban J connectivity index is 1.84. The van der Waals surface area contributed by atoms with Crippen LogP contribution in [0.2, 0.25) is 0 Å². The predicted molar refractivity (Wildman–Crippen MR) is 107 cm³/mol. The standard InChI is InChI=1S/C20H18N4O5/c25-18(26)10-8-14-4-1-6-16(21-14)23-12-3-13-24(20(23)29)17-7-2-5-15(22-17)9-11-19(27)28/h1-2,4-11H,3,12-13H2,(H,25,26)(H,27,28)/b10-8+,11-9+. The molecule has 0 bridgehead atoms. The number of aliphatic carboxylic acids is 2. The summed E-state index contributed by atoms with van der Waals surface area (Å²) < 4.78 is 0. The minimum Gasteiger partial charge on any atom is -0.478 e. The summed E-state index contributed by atoms with van der Waals surface area (Å²) in [6.45, 7) is 0.931. The number of hydrogen-bond donors (Lipinski definition) is 2. The second kappa shape index (κ2) is 8.79. The maximum Gasteiger partial charge on any atom is 0.331 e. The molecule has 2 aromatic heterocycles. The van der Waals surface area contributed by atoms with E-state index in [2.05, 4.69) is 9.97 Å². The molecule has 29 heavy (non-hydrogen) atoms. The van der Waals surface area contributed by atoms with Gasteiger partial charge in [-0.2, -0.15) is 0 Å². The second-order valence-electron chi connectivity index (χ2n) is 6.12. The number of hydrogen-bond acceptors (Lipinski definition) is 5. The number of carboxylic acids is 2. The quantitative estimate of drug-likeness (QED) is 0.721. The van der Waals surface area contributed by atoms with Crippen LogP contribution in [-0.4, -0.2) is 51.2 Å². The van der Waals surface area contributed by atoms with E-state index >= 15 is 0 Å². The van der Waals surface area contributed by atoms with Crippen LogP contribution < -0.4 is 9.80 Å². The van der Waals surface area contributed by atoms with Gasteiger partial charge in [0.25, 0.3) is 0 Å². The van der Waals surface area contributed by atoms with Gasteiger partial charge in [0, 0.05) is 25.2 Å². The summed E-state index contributed by atoms with van der Waals surface area (Å²) in [6.07, 6.45) is 5.36. The van der Waals surface area contributed by atoms with Crippen LogP contribution in [0.25, 0.3) is 12.2 Å². The molecule has 148 valence electrons. The van der Waals surface area contributed by atoms with Crippen molar-refractivity contribution in [1.29, 1.82) is 0 Å². The first-order valence-corrected chi connectivity index (χ1v) is 8.79. The van der Waals surface area contributed by atoms with Gasteiger partial charge in [-0.25, -0.2) is 24.4 Å². The topological polar surface area (TPSA) is 124 Å². The van der Waals surface area contributed by atoms with E-state index in [1.165, 1.54) is 22.0 Å². The van der Waals surface area contributed by atoms with Gasteiger partial charge in [-0.15, -0.1) is 0 Å². The molecule has 0 spiro atoms. The molecule has 2 aromatic rings. The highest BCUT2D eigenvalue weighted by Gasteiger charge is 2.29. The zero-order chi connectivity index (χ0) is 20.8. The summed E-state index contributed by atoms with van der Waals surface area (Å²) in [5.41, 5.74) is 0.850. The van der Waals surface area contributed by atoms with Crippen LogP contribution >= 0.6 is 0 Å². The van der Waals surface area contributed by atoms with Crippen molar-refractivity contribution in [2.24, 2.45) is 0 Å². The smallest absolute Gasteiger partial charge is 0.331 e. The van der Waals surface area contributed by atoms with E-state index in [0.717, 1.165) is 12.2 Å². The van der Waals surface area contributed by atoms with E-state index in [-0.39, 0.29) is 6.03 Å². The summed E-state index contributed by atoms with van der Waals surface area (Å²) >= 11 is 0. The number of nitrogens with zero attached hydrogens (tertiary/aromatic N) is 4. The fourth-order valence-corrected chi connectivity index (χ4v) is 2.83. The molecule has 0 aliphatic carbocycles. The first-order chi connectivity index (χ1) is 13.9. The summed E-state index contributed by atoms with van der Waals surface area (Å²) in [7, 11) is 0. The van der Waals surface area contributed by atoms with Crippen molar-refractivity contribution in [2.75, 3.05) is 22.9 Å². The molecular weight excluding hydrogens is 376 g/mol. The second-order valence-corrected chi connectivity index (χ2v) is 6.12. The molecule has 0 unspecified atom stereocenters. The molecule has 3 heterocycles. The average Bonchev–Trinajstić information content (AvgIpc) is 2.71. The molecule has 2 amide bonds. The van der Waals surface area contributed by atoms with Crippen LogP contribution in [-0.2, 0) is 9.59 Å². The summed E-state index contributed by atoms with van der Waals surface area (Å²) in [5, 5.41) is 17.5. The van der Waals surface area contributed by atoms with E-state index in [1.807, 2.05) is 0 Å². The fourth-order valence-electron chi connectivity index (χ4n) is 2.83. The summed E-state index contributed by atoms with van der Waals surface area (Å²) in [5.74, 6) is -1.34. The molecule has 0 atom stereocenters. The zero-order valence-electron chi connectivity index (χ0n) is 15.3. The molecule has 1 saturated heterocycles. The van der Waals surface area contributed by atoms with Gasteiger partial charge in [0.15, 0.2) is 0 Å². The summed E-state index contributed by atoms with van der Waals surface area (Å²) in [4.78, 5) is 46.1. The Morgan fingerprint density at radius 1 is 0.828 bits per heavy atom. The number of amides is 2. The molecule has 0 aromatic carbocycles. The number of carboxylic acid groups (broad SMARTS) is 2. The van der Waals surface area contributed by atoms with Crippen molar-refractivity contribution in [1.82, 2.24) is 9.97 Å². The van der Waals surface area contributed by atoms with Crippen LogP contribution in [0.1, 0.15) is 17.8 Å². The molecule has 1 fully saturated rings. The van der Waals surface area contributed by atoms with Gasteiger partial charge in [0.1, 0.15) is 11.6 Å². The Kier molecular flexibility index (Phi) is 5.98. The van der Waals surface area contributed by atoms with Gasteiger partial charge in [0.05, 0.1) is 11.4 Å². The van der Waals surface area contributed by atoms with E-state index in [1.54, 1.807) is 36.4 Å². The Bertz CT molecular complexity index is 924. The van der Waals surface area contributed by atoms with Gasteiger partial charge in [0.2, 0.25) is 0 Å². The lowest BCUT2D eigenvalue weighted by Gasteiger charge is -2.34. The van der Waals surface area contributed by atoms with Crippen LogP contribution in [0.4, 0.5) is 16.4 Å². The van der Waals surface area contributed by atoms with Crippen LogP contribution in [0.3, 0.4) is 0 Å². The van der Waals surface area contributed by atoms with Crippen LogP contribution in [0.15, 0.2) is 48.6 Å². The lowest BCUT2D eigenvalue weighted by molar-refractivity contribution is -0.132. The Morgan fingerprint density at radius 2 is 1.28 bits per heavy atom. The van der Waals surface area contributed by atoms with Crippen molar-refractivity contribution >= 4 is 41.8 Å². The Morgan fingerprint density at radius 3 is 1.69 bits per heavy atom. The molecular formula is C20H18N4O5. The lowest BCUT2D eigenvalue weighted by Crippen LogP contribution is -2.50. The first kappa shape index (κ1) is 19.7. The minimum atomic E-state index is -1.08. The third-order valence-corrected chi connectivity index (χ3v) is 4.08. The van der Waals surface area contributed by atoms with Gasteiger partial charge in [-0.05, 0) is 42.8 Å². The minimum absolute atomic E-state index is 0.310. The fraction of sp³-hybridized carbons (Fsp3) is 0.150. The van der Waals surface area contributed by atoms with Crippen molar-refractivity contribution in [2.45, 2.75) is 6.42 Å². The average molecular weight is 394 g/mol. The monoisotopic (exact) mass is 394 g/mol. The third kappa shape index (κ3) is 5.04. The number of aromatic nitrogens is 2. The normalized spacial score (nSPS) is 14.7. The van der Waals surface area contributed by atoms with Crippen molar-refractivity contribution < 1.29 is 24.6 Å². The summed E-state index contributed by atoms with van der Waals surface area (Å²) in [6, 6.07) is 9.74. The molecule has 9 heteroatoms. The number of pyridine rings is 2. The largest absolute Gasteiger partial charge is 0.478 e. The maximum absolute atomic E-state index is 13.0. The number of anilines is 2. The highest BCUT2D eigenvalue weighted by Crippen LogP contribution is 2.23. The van der Waals surface area contributed by atoms with Gasteiger partial charge in [-0.3, -0.25) is 9.80 Å². The van der Waals surface area contributed by atoms with Crippen LogP contribution in [0.5, 0.6) is 0 Å². The molecule has 9 nitrogen and oxygen atoms in total. The van der Waals surface area contributed by atoms with Gasteiger partial charge < -0.3 is 10.2 Å². The Hall–Kier alpha value is -4.01. The van der Waals surface area contributed by atoms with Crippen molar-refractivity contribution in [3.63, 3.8) is 0 Å². The first-order valence-electron chi connectivity index (χ1n) is 8.79. The predicted octanol–water partition coefficient (Wildman–Crippen LogP) is 2.51. The molecule has 0 radical (unpaired) electrons.